The van der Waals surface area contributed by atoms with E-state index in [0.29, 0.717) is 16.2 Å². The maximum absolute atomic E-state index is 3.55. The van der Waals surface area contributed by atoms with Crippen LogP contribution in [0.25, 0.3) is 0 Å². The second-order valence-electron chi connectivity index (χ2n) is 17.6. The molecule has 0 spiro atoms. The van der Waals surface area contributed by atoms with Crippen LogP contribution < -0.4 is 0 Å². The quantitative estimate of drug-likeness (QED) is 0.425. The SMILES string of the molecule is CC12CC3CC(CC(C3)C1N(C1C3CC4CC(C3)CC1(C)C4)C1C3CC4CC(C3)CC1(C)C4)C2.O. The van der Waals surface area contributed by atoms with E-state index in [1.807, 2.05) is 0 Å². The first-order valence-electron chi connectivity index (χ1n) is 16.1. The Kier molecular flexibility index (Phi) is 4.64. The standard InChI is InChI=1S/C33H51N.H2O/c1-31-13-19-4-20(14-31)8-25(7-19)28(31)34(29-26-9-21-5-22(10-26)16-32(29,2)15-21)30-27-11-23-6-24(12-27)18-33(30,3)17-23;/h19-30H,4-18H2,1-3H3;1H2. The summed E-state index contributed by atoms with van der Waals surface area (Å²) in [6.45, 7) is 8.48. The van der Waals surface area contributed by atoms with E-state index >= 15 is 0 Å². The molecule has 0 aromatic carbocycles. The van der Waals surface area contributed by atoms with Crippen molar-refractivity contribution >= 4 is 0 Å². The van der Waals surface area contributed by atoms with Gasteiger partial charge >= 0.3 is 0 Å². The fourth-order valence-corrected chi connectivity index (χ4v) is 15.6. The fraction of sp³-hybridized carbons (Fsp3) is 1.00. The highest BCUT2D eigenvalue weighted by molar-refractivity contribution is 5.19. The van der Waals surface area contributed by atoms with Crippen LogP contribution in [0.15, 0.2) is 0 Å². The van der Waals surface area contributed by atoms with Crippen LogP contribution in [0.5, 0.6) is 0 Å². The zero-order valence-corrected chi connectivity index (χ0v) is 23.0. The Hall–Kier alpha value is -0.0800. The van der Waals surface area contributed by atoms with Crippen molar-refractivity contribution in [1.82, 2.24) is 4.90 Å². The van der Waals surface area contributed by atoms with Gasteiger partial charge in [-0.3, -0.25) is 4.90 Å². The number of hydrogen-bond acceptors (Lipinski definition) is 1. The minimum absolute atomic E-state index is 0. The molecule has 9 atom stereocenters. The zero-order valence-electron chi connectivity index (χ0n) is 23.0. The summed E-state index contributed by atoms with van der Waals surface area (Å²) in [5, 5.41) is 0. The van der Waals surface area contributed by atoms with Crippen LogP contribution in [0, 0.1) is 69.5 Å². The highest BCUT2D eigenvalue weighted by Crippen LogP contribution is 2.70. The number of hydrogen-bond donors (Lipinski definition) is 0. The predicted octanol–water partition coefficient (Wildman–Crippen LogP) is 7.11. The maximum atomic E-state index is 3.55. The third-order valence-electron chi connectivity index (χ3n) is 14.8. The van der Waals surface area contributed by atoms with Gasteiger partial charge in [-0.2, -0.15) is 0 Å². The lowest BCUT2D eigenvalue weighted by molar-refractivity contribution is -0.239. The zero-order chi connectivity index (χ0) is 22.6. The summed E-state index contributed by atoms with van der Waals surface area (Å²) >= 11 is 0. The van der Waals surface area contributed by atoms with Gasteiger partial charge in [-0.1, -0.05) is 20.8 Å². The fourth-order valence-electron chi connectivity index (χ4n) is 15.6. The first-order valence-corrected chi connectivity index (χ1v) is 16.1. The number of nitrogens with zero attached hydrogens (tertiary/aromatic N) is 1. The van der Waals surface area contributed by atoms with Gasteiger partial charge in [0.05, 0.1) is 0 Å². The van der Waals surface area contributed by atoms with Gasteiger partial charge in [0, 0.05) is 18.1 Å². The first kappa shape index (κ1) is 22.9. The second kappa shape index (κ2) is 7.11. The molecular weight excluding hydrogens is 426 g/mol. The molecule has 0 aliphatic heterocycles. The molecular formula is C33H53NO. The topological polar surface area (TPSA) is 34.7 Å². The molecule has 35 heavy (non-hydrogen) atoms. The summed E-state index contributed by atoms with van der Waals surface area (Å²) in [5.74, 6) is 9.64. The molecule has 0 heterocycles. The molecule has 2 N–H and O–H groups in total. The van der Waals surface area contributed by atoms with Crippen molar-refractivity contribution in [3.63, 3.8) is 0 Å². The van der Waals surface area contributed by atoms with Gasteiger partial charge in [-0.05, 0) is 166 Å². The van der Waals surface area contributed by atoms with Crippen LogP contribution in [0.3, 0.4) is 0 Å². The van der Waals surface area contributed by atoms with Gasteiger partial charge in [-0.15, -0.1) is 0 Å². The molecule has 12 saturated carbocycles. The smallest absolute Gasteiger partial charge is 0.0184 e. The van der Waals surface area contributed by atoms with Crippen molar-refractivity contribution in [2.75, 3.05) is 0 Å². The molecule has 12 aliphatic carbocycles. The van der Waals surface area contributed by atoms with Crippen molar-refractivity contribution in [1.29, 1.82) is 0 Å². The lowest BCUT2D eigenvalue weighted by Crippen LogP contribution is -2.75. The Morgan fingerprint density at radius 1 is 0.400 bits per heavy atom. The molecule has 0 saturated heterocycles. The van der Waals surface area contributed by atoms with Crippen LogP contribution in [0.4, 0.5) is 0 Å². The minimum Gasteiger partial charge on any atom is -0.412 e. The van der Waals surface area contributed by atoms with Crippen LogP contribution in [-0.4, -0.2) is 28.5 Å². The summed E-state index contributed by atoms with van der Waals surface area (Å²) in [4.78, 5) is 3.55. The van der Waals surface area contributed by atoms with Gasteiger partial charge in [0.25, 0.3) is 0 Å². The molecule has 0 aromatic heterocycles. The predicted molar refractivity (Wildman–Crippen MR) is 142 cm³/mol. The summed E-state index contributed by atoms with van der Waals surface area (Å²) in [7, 11) is 0. The van der Waals surface area contributed by atoms with Crippen LogP contribution >= 0.6 is 0 Å². The molecule has 2 heteroatoms. The van der Waals surface area contributed by atoms with E-state index in [9.17, 15) is 0 Å². The van der Waals surface area contributed by atoms with E-state index in [1.165, 1.54) is 0 Å². The average molecular weight is 480 g/mol. The molecule has 12 rings (SSSR count). The Bertz CT molecular complexity index is 739. The lowest BCUT2D eigenvalue weighted by Gasteiger charge is -2.73. The number of rotatable bonds is 3. The van der Waals surface area contributed by atoms with Crippen molar-refractivity contribution < 1.29 is 5.48 Å². The van der Waals surface area contributed by atoms with Gasteiger partial charge < -0.3 is 5.48 Å². The Morgan fingerprint density at radius 3 is 0.829 bits per heavy atom. The van der Waals surface area contributed by atoms with Crippen molar-refractivity contribution in [3.8, 4) is 0 Å². The van der Waals surface area contributed by atoms with Gasteiger partial charge in [0.15, 0.2) is 0 Å². The monoisotopic (exact) mass is 479 g/mol. The lowest BCUT2D eigenvalue weighted by atomic mass is 9.42. The van der Waals surface area contributed by atoms with Crippen molar-refractivity contribution in [2.24, 2.45) is 69.5 Å². The largest absolute Gasteiger partial charge is 0.412 e. The normalized spacial score (nSPS) is 64.8. The third kappa shape index (κ3) is 2.97. The molecule has 196 valence electrons. The summed E-state index contributed by atoms with van der Waals surface area (Å²) in [6, 6.07) is 2.79. The maximum Gasteiger partial charge on any atom is 0.0184 e. The van der Waals surface area contributed by atoms with E-state index in [4.69, 9.17) is 0 Å². The molecule has 12 fully saturated rings. The van der Waals surface area contributed by atoms with Crippen LogP contribution in [0.1, 0.15) is 117 Å². The minimum atomic E-state index is 0. The summed E-state index contributed by atoms with van der Waals surface area (Å²) < 4.78 is 0. The van der Waals surface area contributed by atoms with Crippen molar-refractivity contribution in [3.05, 3.63) is 0 Å². The second-order valence-corrected chi connectivity index (χ2v) is 17.6. The molecule has 2 nitrogen and oxygen atoms in total. The van der Waals surface area contributed by atoms with Gasteiger partial charge in [0.1, 0.15) is 0 Å². The summed E-state index contributed by atoms with van der Waals surface area (Å²) in [6.07, 6.45) is 23.9. The third-order valence-corrected chi connectivity index (χ3v) is 14.8. The van der Waals surface area contributed by atoms with Gasteiger partial charge in [0.2, 0.25) is 0 Å². The van der Waals surface area contributed by atoms with E-state index in [0.717, 1.165) is 71.4 Å². The molecule has 0 aromatic rings. The molecule has 12 bridgehead atoms. The molecule has 9 unspecified atom stereocenters. The highest BCUT2D eigenvalue weighted by Gasteiger charge is 2.67. The summed E-state index contributed by atoms with van der Waals surface area (Å²) in [5.41, 5.74) is 1.89. The molecule has 0 radical (unpaired) electrons. The van der Waals surface area contributed by atoms with Crippen molar-refractivity contribution in [2.45, 2.75) is 135 Å². The average Bonchev–Trinajstić information content (AvgIpc) is 2.69. The first-order chi connectivity index (χ1) is 16.3. The Balaban J connectivity index is 0.00000196. The van der Waals surface area contributed by atoms with E-state index < -0.39 is 0 Å². The Morgan fingerprint density at radius 2 is 0.629 bits per heavy atom. The highest BCUT2D eigenvalue weighted by atomic mass is 16.0. The van der Waals surface area contributed by atoms with E-state index in [1.54, 1.807) is 96.3 Å². The van der Waals surface area contributed by atoms with Crippen LogP contribution in [-0.2, 0) is 0 Å². The van der Waals surface area contributed by atoms with Crippen LogP contribution in [0.2, 0.25) is 0 Å². The molecule has 12 aliphatic rings. The van der Waals surface area contributed by atoms with Gasteiger partial charge in [-0.25, -0.2) is 0 Å². The van der Waals surface area contributed by atoms with E-state index in [-0.39, 0.29) is 5.48 Å². The molecule has 0 amide bonds. The Labute approximate surface area is 215 Å². The van der Waals surface area contributed by atoms with E-state index in [2.05, 4.69) is 25.7 Å².